The number of hydrazone groups is 1. The maximum Gasteiger partial charge on any atom is 0.337 e. The molecule has 0 bridgehead atoms. The highest BCUT2D eigenvalue weighted by molar-refractivity contribution is 9.10. The van der Waals surface area contributed by atoms with E-state index >= 15 is 0 Å². The van der Waals surface area contributed by atoms with Crippen LogP contribution in [0.5, 0.6) is 0 Å². The Morgan fingerprint density at radius 3 is 2.71 bits per heavy atom. The highest BCUT2D eigenvalue weighted by Gasteiger charge is 2.13. The average Bonchev–Trinajstić information content (AvgIpc) is 3.16. The van der Waals surface area contributed by atoms with Crippen LogP contribution in [-0.2, 0) is 4.74 Å². The lowest BCUT2D eigenvalue weighted by molar-refractivity contribution is 0.0600. The van der Waals surface area contributed by atoms with E-state index in [1.165, 1.54) is 13.3 Å². The Balaban J connectivity index is 1.73. The molecule has 6 nitrogen and oxygen atoms in total. The van der Waals surface area contributed by atoms with Gasteiger partial charge in [-0.25, -0.2) is 10.2 Å². The molecule has 1 aromatic heterocycles. The second-order valence-electron chi connectivity index (χ2n) is 5.60. The molecule has 1 amide bonds. The molecule has 0 saturated carbocycles. The summed E-state index contributed by atoms with van der Waals surface area (Å²) in [7, 11) is 1.31. The predicted octanol–water partition coefficient (Wildman–Crippen LogP) is 4.91. The largest absolute Gasteiger partial charge is 0.465 e. The molecule has 28 heavy (non-hydrogen) atoms. The molecule has 0 saturated heterocycles. The number of hydrogen-bond acceptors (Lipinski definition) is 5. The number of halogens is 2. The lowest BCUT2D eigenvalue weighted by Gasteiger charge is -2.04. The predicted molar refractivity (Wildman–Crippen MR) is 110 cm³/mol. The molecule has 0 aliphatic heterocycles. The molecule has 0 atom stereocenters. The Labute approximate surface area is 174 Å². The van der Waals surface area contributed by atoms with E-state index in [1.807, 2.05) is 6.07 Å². The van der Waals surface area contributed by atoms with Crippen molar-refractivity contribution in [2.75, 3.05) is 7.11 Å². The van der Waals surface area contributed by atoms with Crippen LogP contribution in [-0.4, -0.2) is 25.2 Å². The summed E-state index contributed by atoms with van der Waals surface area (Å²) in [5.74, 6) is 0.0410. The maximum absolute atomic E-state index is 12.1. The summed E-state index contributed by atoms with van der Waals surface area (Å²) in [6.45, 7) is 0. The quantitative estimate of drug-likeness (QED) is 0.332. The van der Waals surface area contributed by atoms with Gasteiger partial charge in [-0.1, -0.05) is 33.6 Å². The first kappa shape index (κ1) is 19.9. The normalized spacial score (nSPS) is 10.8. The third kappa shape index (κ3) is 4.68. The summed E-state index contributed by atoms with van der Waals surface area (Å²) < 4.78 is 11.2. The second kappa shape index (κ2) is 8.86. The number of amides is 1. The van der Waals surface area contributed by atoms with E-state index < -0.39 is 5.97 Å². The van der Waals surface area contributed by atoms with Gasteiger partial charge in [0, 0.05) is 15.6 Å². The van der Waals surface area contributed by atoms with Gasteiger partial charge in [-0.15, -0.1) is 0 Å². The molecular weight excluding hydrogens is 448 g/mol. The molecule has 0 unspecified atom stereocenters. The van der Waals surface area contributed by atoms with Crippen LogP contribution in [0.15, 0.2) is 68.6 Å². The van der Waals surface area contributed by atoms with Gasteiger partial charge < -0.3 is 9.15 Å². The minimum absolute atomic E-state index is 0.349. The van der Waals surface area contributed by atoms with Crippen LogP contribution in [0, 0.1) is 0 Å². The molecule has 1 heterocycles. The zero-order valence-electron chi connectivity index (χ0n) is 14.6. The lowest BCUT2D eigenvalue weighted by Crippen LogP contribution is -2.17. The van der Waals surface area contributed by atoms with E-state index in [9.17, 15) is 9.59 Å². The van der Waals surface area contributed by atoms with Gasteiger partial charge in [-0.3, -0.25) is 4.79 Å². The van der Waals surface area contributed by atoms with E-state index in [2.05, 4.69) is 26.5 Å². The topological polar surface area (TPSA) is 80.9 Å². The first-order valence-electron chi connectivity index (χ1n) is 8.05. The molecule has 2 aromatic carbocycles. The van der Waals surface area contributed by atoms with Crippen LogP contribution in [0.4, 0.5) is 0 Å². The molecular formula is C20H14BrClN2O4. The van der Waals surface area contributed by atoms with Crippen molar-refractivity contribution in [2.45, 2.75) is 0 Å². The van der Waals surface area contributed by atoms with Crippen molar-refractivity contribution in [3.05, 3.63) is 81.0 Å². The number of nitrogens with zero attached hydrogens (tertiary/aromatic N) is 1. The number of hydrogen-bond donors (Lipinski definition) is 1. The van der Waals surface area contributed by atoms with Crippen molar-refractivity contribution in [1.29, 1.82) is 0 Å². The third-order valence-corrected chi connectivity index (χ3v) is 4.55. The average molecular weight is 462 g/mol. The summed E-state index contributed by atoms with van der Waals surface area (Å²) in [6.07, 6.45) is 1.37. The van der Waals surface area contributed by atoms with Crippen molar-refractivity contribution >= 4 is 45.6 Å². The van der Waals surface area contributed by atoms with Gasteiger partial charge in [0.2, 0.25) is 0 Å². The summed E-state index contributed by atoms with van der Waals surface area (Å²) in [6, 6.07) is 15.1. The fourth-order valence-electron chi connectivity index (χ4n) is 2.37. The SMILES string of the molecule is COC(=O)c1ccc(Cl)c(-c2ccc(C=NNC(=O)c3cccc(Br)c3)o2)c1. The number of methoxy groups -OCH3 is 1. The van der Waals surface area contributed by atoms with Gasteiger partial charge in [0.05, 0.1) is 23.9 Å². The third-order valence-electron chi connectivity index (χ3n) is 3.72. The van der Waals surface area contributed by atoms with Crippen molar-refractivity contribution in [3.63, 3.8) is 0 Å². The lowest BCUT2D eigenvalue weighted by atomic mass is 10.1. The van der Waals surface area contributed by atoms with E-state index in [1.54, 1.807) is 48.5 Å². The molecule has 1 N–H and O–H groups in total. The standard InChI is InChI=1S/C20H14BrClN2O4/c1-27-20(26)13-5-7-17(22)16(10-13)18-8-6-15(28-18)11-23-24-19(25)12-3-2-4-14(21)9-12/h2-11H,1H3,(H,24,25). The van der Waals surface area contributed by atoms with E-state index in [4.69, 9.17) is 20.8 Å². The van der Waals surface area contributed by atoms with Gasteiger partial charge in [0.1, 0.15) is 11.5 Å². The highest BCUT2D eigenvalue weighted by atomic mass is 79.9. The fourth-order valence-corrected chi connectivity index (χ4v) is 2.98. The van der Waals surface area contributed by atoms with Gasteiger partial charge in [0.15, 0.2) is 0 Å². The van der Waals surface area contributed by atoms with E-state index in [-0.39, 0.29) is 5.91 Å². The zero-order chi connectivity index (χ0) is 20.1. The van der Waals surface area contributed by atoms with Crippen LogP contribution < -0.4 is 5.43 Å². The van der Waals surface area contributed by atoms with Gasteiger partial charge in [0.25, 0.3) is 5.91 Å². The Morgan fingerprint density at radius 1 is 1.14 bits per heavy atom. The molecule has 3 rings (SSSR count). The smallest absolute Gasteiger partial charge is 0.337 e. The van der Waals surface area contributed by atoms with Crippen LogP contribution in [0.25, 0.3) is 11.3 Å². The number of ether oxygens (including phenoxy) is 1. The van der Waals surface area contributed by atoms with Crippen molar-refractivity contribution in [1.82, 2.24) is 5.43 Å². The highest BCUT2D eigenvalue weighted by Crippen LogP contribution is 2.30. The summed E-state index contributed by atoms with van der Waals surface area (Å²) in [4.78, 5) is 23.7. The number of rotatable bonds is 5. The zero-order valence-corrected chi connectivity index (χ0v) is 17.0. The number of furan rings is 1. The Kier molecular flexibility index (Phi) is 6.28. The van der Waals surface area contributed by atoms with Crippen LogP contribution in [0.2, 0.25) is 5.02 Å². The molecule has 0 fully saturated rings. The van der Waals surface area contributed by atoms with Gasteiger partial charge >= 0.3 is 5.97 Å². The molecule has 0 radical (unpaired) electrons. The number of carbonyl (C=O) groups is 2. The number of benzene rings is 2. The number of nitrogens with one attached hydrogen (secondary N) is 1. The van der Waals surface area contributed by atoms with Crippen LogP contribution in [0.3, 0.4) is 0 Å². The second-order valence-corrected chi connectivity index (χ2v) is 6.92. The van der Waals surface area contributed by atoms with Crippen LogP contribution in [0.1, 0.15) is 26.5 Å². The summed E-state index contributed by atoms with van der Waals surface area (Å²) in [5.41, 5.74) is 3.80. The minimum atomic E-state index is -0.471. The fraction of sp³-hybridized carbons (Fsp3) is 0.0500. The van der Waals surface area contributed by atoms with E-state index in [0.29, 0.717) is 33.2 Å². The molecule has 0 aliphatic rings. The van der Waals surface area contributed by atoms with Crippen molar-refractivity contribution < 1.29 is 18.7 Å². The molecule has 142 valence electrons. The number of esters is 1. The van der Waals surface area contributed by atoms with Crippen LogP contribution >= 0.6 is 27.5 Å². The first-order valence-corrected chi connectivity index (χ1v) is 9.22. The van der Waals surface area contributed by atoms with Crippen molar-refractivity contribution in [3.8, 4) is 11.3 Å². The monoisotopic (exact) mass is 460 g/mol. The molecule has 0 aliphatic carbocycles. The first-order chi connectivity index (χ1) is 13.5. The Morgan fingerprint density at radius 2 is 1.96 bits per heavy atom. The maximum atomic E-state index is 12.1. The molecule has 0 spiro atoms. The Bertz CT molecular complexity index is 1060. The summed E-state index contributed by atoms with van der Waals surface area (Å²) in [5, 5.41) is 4.32. The van der Waals surface area contributed by atoms with Gasteiger partial charge in [-0.05, 0) is 48.5 Å². The Hall–Kier alpha value is -2.90. The summed E-state index contributed by atoms with van der Waals surface area (Å²) >= 11 is 9.52. The minimum Gasteiger partial charge on any atom is -0.465 e. The molecule has 3 aromatic rings. The van der Waals surface area contributed by atoms with Crippen molar-refractivity contribution in [2.24, 2.45) is 5.10 Å². The molecule has 8 heteroatoms. The van der Waals surface area contributed by atoms with Gasteiger partial charge in [-0.2, -0.15) is 5.10 Å². The van der Waals surface area contributed by atoms with E-state index in [0.717, 1.165) is 4.47 Å². The number of carbonyl (C=O) groups excluding carboxylic acids is 2.